The topological polar surface area (TPSA) is 53.1 Å². The van der Waals surface area contributed by atoms with E-state index >= 15 is 0 Å². The van der Waals surface area contributed by atoms with E-state index in [9.17, 15) is 0 Å². The fraction of sp³-hybridized carbons (Fsp3) is 0.700. The summed E-state index contributed by atoms with van der Waals surface area (Å²) in [6.07, 6.45) is 1.75. The summed E-state index contributed by atoms with van der Waals surface area (Å²) in [6.45, 7) is 4.96. The standard InChI is InChI=1S/C10H19N3O/c1-7(5-11)8(2)10-9(14-4)6-12-13(10)3/h6-8H,5,11H2,1-4H3. The highest BCUT2D eigenvalue weighted by atomic mass is 16.5. The van der Waals surface area contributed by atoms with Gasteiger partial charge in [-0.1, -0.05) is 13.8 Å². The lowest BCUT2D eigenvalue weighted by atomic mass is 9.92. The van der Waals surface area contributed by atoms with E-state index in [0.29, 0.717) is 18.4 Å². The molecule has 0 bridgehead atoms. The maximum absolute atomic E-state index is 5.65. The highest BCUT2D eigenvalue weighted by Gasteiger charge is 2.20. The third kappa shape index (κ3) is 1.90. The number of nitrogens with zero attached hydrogens (tertiary/aromatic N) is 2. The van der Waals surface area contributed by atoms with E-state index in [0.717, 1.165) is 11.4 Å². The van der Waals surface area contributed by atoms with Crippen molar-refractivity contribution in [3.05, 3.63) is 11.9 Å². The first kappa shape index (κ1) is 11.0. The number of hydrogen-bond acceptors (Lipinski definition) is 3. The summed E-state index contributed by atoms with van der Waals surface area (Å²) in [5.41, 5.74) is 6.77. The lowest BCUT2D eigenvalue weighted by molar-refractivity contribution is 0.390. The van der Waals surface area contributed by atoms with Crippen LogP contribution in [0.1, 0.15) is 25.5 Å². The molecule has 0 saturated heterocycles. The first-order chi connectivity index (χ1) is 6.61. The van der Waals surface area contributed by atoms with Crippen molar-refractivity contribution in [1.29, 1.82) is 0 Å². The van der Waals surface area contributed by atoms with Crippen LogP contribution in [-0.2, 0) is 7.05 Å². The molecule has 80 valence electrons. The summed E-state index contributed by atoms with van der Waals surface area (Å²) in [6, 6.07) is 0. The summed E-state index contributed by atoms with van der Waals surface area (Å²) < 4.78 is 7.11. The Balaban J connectivity index is 2.97. The lowest BCUT2D eigenvalue weighted by Crippen LogP contribution is -2.19. The number of rotatable bonds is 4. The Morgan fingerprint density at radius 2 is 2.21 bits per heavy atom. The Morgan fingerprint density at radius 1 is 1.57 bits per heavy atom. The Morgan fingerprint density at radius 3 is 2.71 bits per heavy atom. The summed E-state index contributed by atoms with van der Waals surface area (Å²) in [5.74, 6) is 1.64. The van der Waals surface area contributed by atoms with Crippen LogP contribution in [0.2, 0.25) is 0 Å². The second kappa shape index (κ2) is 4.46. The van der Waals surface area contributed by atoms with Crippen molar-refractivity contribution in [3.8, 4) is 5.75 Å². The van der Waals surface area contributed by atoms with Gasteiger partial charge in [-0.25, -0.2) is 0 Å². The predicted molar refractivity (Wildman–Crippen MR) is 56.4 cm³/mol. The van der Waals surface area contributed by atoms with Gasteiger partial charge in [0.15, 0.2) is 5.75 Å². The van der Waals surface area contributed by atoms with Crippen molar-refractivity contribution in [3.63, 3.8) is 0 Å². The molecule has 1 aromatic rings. The van der Waals surface area contributed by atoms with Crippen LogP contribution in [-0.4, -0.2) is 23.4 Å². The van der Waals surface area contributed by atoms with Gasteiger partial charge in [0.05, 0.1) is 19.0 Å². The zero-order valence-electron chi connectivity index (χ0n) is 9.32. The Bertz CT molecular complexity index is 296. The van der Waals surface area contributed by atoms with Gasteiger partial charge in [0, 0.05) is 13.0 Å². The van der Waals surface area contributed by atoms with Crippen molar-refractivity contribution in [2.45, 2.75) is 19.8 Å². The Kier molecular flexibility index (Phi) is 3.52. The minimum Gasteiger partial charge on any atom is -0.493 e. The maximum atomic E-state index is 5.65. The van der Waals surface area contributed by atoms with Gasteiger partial charge in [-0.3, -0.25) is 4.68 Å². The minimum atomic E-state index is 0.363. The van der Waals surface area contributed by atoms with Crippen molar-refractivity contribution >= 4 is 0 Å². The molecule has 0 saturated carbocycles. The molecule has 14 heavy (non-hydrogen) atoms. The smallest absolute Gasteiger partial charge is 0.160 e. The fourth-order valence-electron chi connectivity index (χ4n) is 1.58. The van der Waals surface area contributed by atoms with Crippen LogP contribution in [0.5, 0.6) is 5.75 Å². The summed E-state index contributed by atoms with van der Waals surface area (Å²) in [7, 11) is 3.60. The first-order valence-corrected chi connectivity index (χ1v) is 4.87. The number of aryl methyl sites for hydroxylation is 1. The third-order valence-corrected chi connectivity index (χ3v) is 2.83. The zero-order valence-corrected chi connectivity index (χ0v) is 9.32. The van der Waals surface area contributed by atoms with E-state index in [1.807, 2.05) is 11.7 Å². The molecule has 0 amide bonds. The molecule has 2 N–H and O–H groups in total. The van der Waals surface area contributed by atoms with E-state index < -0.39 is 0 Å². The van der Waals surface area contributed by atoms with Crippen molar-refractivity contribution in [2.75, 3.05) is 13.7 Å². The molecule has 0 aliphatic carbocycles. The highest BCUT2D eigenvalue weighted by molar-refractivity contribution is 5.28. The van der Waals surface area contributed by atoms with Gasteiger partial charge < -0.3 is 10.5 Å². The van der Waals surface area contributed by atoms with Crippen molar-refractivity contribution in [1.82, 2.24) is 9.78 Å². The third-order valence-electron chi connectivity index (χ3n) is 2.83. The second-order valence-electron chi connectivity index (χ2n) is 3.72. The van der Waals surface area contributed by atoms with E-state index in [2.05, 4.69) is 18.9 Å². The van der Waals surface area contributed by atoms with Crippen molar-refractivity contribution in [2.24, 2.45) is 18.7 Å². The van der Waals surface area contributed by atoms with E-state index in [4.69, 9.17) is 10.5 Å². The fourth-order valence-corrected chi connectivity index (χ4v) is 1.58. The summed E-state index contributed by atoms with van der Waals surface area (Å²) >= 11 is 0. The van der Waals surface area contributed by atoms with E-state index in [1.165, 1.54) is 0 Å². The van der Waals surface area contributed by atoms with Gasteiger partial charge in [0.25, 0.3) is 0 Å². The van der Waals surface area contributed by atoms with Gasteiger partial charge in [0.1, 0.15) is 0 Å². The SMILES string of the molecule is COc1cnn(C)c1C(C)C(C)CN. The molecule has 0 spiro atoms. The highest BCUT2D eigenvalue weighted by Crippen LogP contribution is 2.30. The molecule has 2 unspecified atom stereocenters. The summed E-state index contributed by atoms with van der Waals surface area (Å²) in [5, 5.41) is 4.18. The van der Waals surface area contributed by atoms with Crippen LogP contribution in [0.25, 0.3) is 0 Å². The average Bonchev–Trinajstić information content (AvgIpc) is 2.57. The van der Waals surface area contributed by atoms with Gasteiger partial charge in [0.2, 0.25) is 0 Å². The number of nitrogens with two attached hydrogens (primary N) is 1. The first-order valence-electron chi connectivity index (χ1n) is 4.87. The van der Waals surface area contributed by atoms with Crippen LogP contribution in [0.15, 0.2) is 6.20 Å². The van der Waals surface area contributed by atoms with Gasteiger partial charge >= 0.3 is 0 Å². The van der Waals surface area contributed by atoms with Gasteiger partial charge in [-0.15, -0.1) is 0 Å². The molecule has 0 aliphatic heterocycles. The van der Waals surface area contributed by atoms with E-state index in [1.54, 1.807) is 13.3 Å². The molecule has 0 fully saturated rings. The minimum absolute atomic E-state index is 0.363. The monoisotopic (exact) mass is 197 g/mol. The maximum Gasteiger partial charge on any atom is 0.160 e. The lowest BCUT2D eigenvalue weighted by Gasteiger charge is -2.19. The molecular weight excluding hydrogens is 178 g/mol. The molecule has 0 aromatic carbocycles. The average molecular weight is 197 g/mol. The molecule has 1 heterocycles. The van der Waals surface area contributed by atoms with Crippen LogP contribution < -0.4 is 10.5 Å². The molecule has 4 heteroatoms. The zero-order chi connectivity index (χ0) is 10.7. The van der Waals surface area contributed by atoms with E-state index in [-0.39, 0.29) is 0 Å². The number of aromatic nitrogens is 2. The van der Waals surface area contributed by atoms with Gasteiger partial charge in [-0.05, 0) is 12.5 Å². The normalized spacial score (nSPS) is 15.2. The molecule has 1 rings (SSSR count). The van der Waals surface area contributed by atoms with Gasteiger partial charge in [-0.2, -0.15) is 5.10 Å². The van der Waals surface area contributed by atoms with Crippen LogP contribution in [0, 0.1) is 5.92 Å². The van der Waals surface area contributed by atoms with Crippen LogP contribution in [0.4, 0.5) is 0 Å². The molecule has 0 radical (unpaired) electrons. The predicted octanol–water partition coefficient (Wildman–Crippen LogP) is 1.13. The molecular formula is C10H19N3O. The number of hydrogen-bond donors (Lipinski definition) is 1. The number of methoxy groups -OCH3 is 1. The quantitative estimate of drug-likeness (QED) is 0.787. The van der Waals surface area contributed by atoms with Crippen molar-refractivity contribution < 1.29 is 4.74 Å². The molecule has 4 nitrogen and oxygen atoms in total. The summed E-state index contributed by atoms with van der Waals surface area (Å²) in [4.78, 5) is 0. The van der Waals surface area contributed by atoms with Crippen LogP contribution in [0.3, 0.4) is 0 Å². The Labute approximate surface area is 85.0 Å². The number of ether oxygens (including phenoxy) is 1. The largest absolute Gasteiger partial charge is 0.493 e. The molecule has 2 atom stereocenters. The second-order valence-corrected chi connectivity index (χ2v) is 3.72. The molecule has 0 aliphatic rings. The molecule has 1 aromatic heterocycles. The Hall–Kier alpha value is -1.03. The van der Waals surface area contributed by atoms with Crippen LogP contribution >= 0.6 is 0 Å².